The number of likely N-dealkylation sites (tertiary alicyclic amines) is 1. The molecule has 0 spiro atoms. The number of hydrogen-bond acceptors (Lipinski definition) is 3. The Bertz CT molecular complexity index is 753. The summed E-state index contributed by atoms with van der Waals surface area (Å²) >= 11 is 0. The summed E-state index contributed by atoms with van der Waals surface area (Å²) in [6, 6.07) is 4.74. The van der Waals surface area contributed by atoms with Crippen molar-refractivity contribution in [2.45, 2.75) is 32.9 Å². The molecule has 8 heteroatoms. The number of imidazole rings is 1. The number of aliphatic imine (C=N–C) groups is 1. The van der Waals surface area contributed by atoms with E-state index in [1.54, 1.807) is 6.07 Å². The molecule has 6 nitrogen and oxygen atoms in total. The highest BCUT2D eigenvalue weighted by atomic mass is 127. The van der Waals surface area contributed by atoms with Crippen molar-refractivity contribution < 1.29 is 9.50 Å². The Morgan fingerprint density at radius 1 is 1.44 bits per heavy atom. The molecule has 1 aliphatic heterocycles. The molecule has 0 saturated carbocycles. The predicted octanol–water partition coefficient (Wildman–Crippen LogP) is 3.39. The van der Waals surface area contributed by atoms with Crippen molar-refractivity contribution in [3.8, 4) is 5.75 Å². The maximum Gasteiger partial charge on any atom is 0.194 e. The van der Waals surface area contributed by atoms with Gasteiger partial charge in [-0.05, 0) is 37.0 Å². The summed E-state index contributed by atoms with van der Waals surface area (Å²) in [5, 5.41) is 12.7. The molecule has 1 aliphatic rings. The zero-order valence-electron chi connectivity index (χ0n) is 15.7. The van der Waals surface area contributed by atoms with Gasteiger partial charge in [0.25, 0.3) is 0 Å². The van der Waals surface area contributed by atoms with Crippen molar-refractivity contribution in [2.75, 3.05) is 19.6 Å². The van der Waals surface area contributed by atoms with E-state index in [-0.39, 0.29) is 29.7 Å². The Morgan fingerprint density at radius 2 is 2.26 bits per heavy atom. The van der Waals surface area contributed by atoms with Crippen LogP contribution in [0.1, 0.15) is 31.9 Å². The number of hydrogen-bond donors (Lipinski definition) is 2. The summed E-state index contributed by atoms with van der Waals surface area (Å²) < 4.78 is 15.7. The van der Waals surface area contributed by atoms with Crippen LogP contribution in [0, 0.1) is 11.7 Å². The molecule has 0 aliphatic carbocycles. The lowest BCUT2D eigenvalue weighted by molar-refractivity contribution is 0.189. The number of piperidine rings is 1. The monoisotopic (exact) mass is 487 g/mol. The van der Waals surface area contributed by atoms with Gasteiger partial charge in [0.1, 0.15) is 0 Å². The normalized spacial score (nSPS) is 20.3. The summed E-state index contributed by atoms with van der Waals surface area (Å²) in [6.45, 7) is 7.22. The number of nitrogens with zero attached hydrogens (tertiary/aromatic N) is 4. The molecular formula is C19H27FIN5O. The molecule has 0 amide bonds. The Morgan fingerprint density at radius 3 is 2.93 bits per heavy atom. The molecule has 1 fully saturated rings. The lowest BCUT2D eigenvalue weighted by atomic mass is 9.93. The van der Waals surface area contributed by atoms with Crippen molar-refractivity contribution >= 4 is 29.9 Å². The number of guanidine groups is 1. The summed E-state index contributed by atoms with van der Waals surface area (Å²) in [5.41, 5.74) is 0.729. The second kappa shape index (κ2) is 9.91. The van der Waals surface area contributed by atoms with Crippen LogP contribution in [-0.2, 0) is 6.54 Å². The van der Waals surface area contributed by atoms with Crippen LogP contribution in [-0.4, -0.2) is 45.2 Å². The highest BCUT2D eigenvalue weighted by Gasteiger charge is 2.28. The van der Waals surface area contributed by atoms with Gasteiger partial charge in [-0.15, -0.1) is 24.0 Å². The number of benzene rings is 1. The van der Waals surface area contributed by atoms with Crippen LogP contribution in [0.2, 0.25) is 0 Å². The number of phenolic OH excluding ortho intramolecular Hbond substituents is 1. The zero-order chi connectivity index (χ0) is 18.5. The minimum Gasteiger partial charge on any atom is -0.505 e. The summed E-state index contributed by atoms with van der Waals surface area (Å²) in [6.07, 6.45) is 6.76. The second-order valence-corrected chi connectivity index (χ2v) is 6.75. The first-order valence-electron chi connectivity index (χ1n) is 9.06. The van der Waals surface area contributed by atoms with E-state index >= 15 is 0 Å². The van der Waals surface area contributed by atoms with E-state index in [0.717, 1.165) is 37.6 Å². The number of aromatic hydroxyl groups is 1. The molecule has 2 unspecified atom stereocenters. The van der Waals surface area contributed by atoms with Crippen molar-refractivity contribution in [2.24, 2.45) is 10.9 Å². The first-order chi connectivity index (χ1) is 12.6. The summed E-state index contributed by atoms with van der Waals surface area (Å²) in [7, 11) is 0. The topological polar surface area (TPSA) is 65.7 Å². The molecular weight excluding hydrogens is 460 g/mol. The molecule has 0 bridgehead atoms. The average Bonchev–Trinajstić information content (AvgIpc) is 3.16. The van der Waals surface area contributed by atoms with E-state index in [2.05, 4.69) is 31.7 Å². The number of rotatable bonds is 4. The van der Waals surface area contributed by atoms with Crippen LogP contribution in [0.25, 0.3) is 0 Å². The Labute approximate surface area is 176 Å². The third kappa shape index (κ3) is 5.33. The smallest absolute Gasteiger partial charge is 0.194 e. The Balaban J connectivity index is 0.00000261. The third-order valence-corrected chi connectivity index (χ3v) is 4.88. The summed E-state index contributed by atoms with van der Waals surface area (Å²) in [4.78, 5) is 11.1. The molecule has 0 radical (unpaired) electrons. The molecule has 2 N–H and O–H groups in total. The standard InChI is InChI=1S/C19H26FN5O.HI/c1-3-22-19(23-11-15-4-5-18(26)16(20)10-15)24-8-6-14(2)17(12-24)25-9-7-21-13-25;/h4-5,7,9-10,13-14,17,26H,3,6,8,11-12H2,1-2H3,(H,22,23);1H. The van der Waals surface area contributed by atoms with E-state index in [9.17, 15) is 9.50 Å². The first-order valence-corrected chi connectivity index (χ1v) is 9.06. The van der Waals surface area contributed by atoms with E-state index in [1.807, 2.05) is 25.6 Å². The molecule has 2 aromatic rings. The average molecular weight is 487 g/mol. The number of halogens is 2. The highest BCUT2D eigenvalue weighted by molar-refractivity contribution is 14.0. The van der Waals surface area contributed by atoms with Crippen LogP contribution < -0.4 is 5.32 Å². The van der Waals surface area contributed by atoms with Crippen LogP contribution in [0.4, 0.5) is 4.39 Å². The van der Waals surface area contributed by atoms with E-state index in [1.165, 1.54) is 12.1 Å². The fourth-order valence-corrected chi connectivity index (χ4v) is 3.34. The molecule has 3 rings (SSSR count). The van der Waals surface area contributed by atoms with Crippen molar-refractivity contribution in [3.05, 3.63) is 48.3 Å². The van der Waals surface area contributed by atoms with Crippen molar-refractivity contribution in [3.63, 3.8) is 0 Å². The van der Waals surface area contributed by atoms with Crippen LogP contribution in [0.3, 0.4) is 0 Å². The largest absolute Gasteiger partial charge is 0.505 e. The van der Waals surface area contributed by atoms with Crippen LogP contribution in [0.15, 0.2) is 41.9 Å². The fourth-order valence-electron chi connectivity index (χ4n) is 3.34. The van der Waals surface area contributed by atoms with Gasteiger partial charge in [-0.2, -0.15) is 0 Å². The van der Waals surface area contributed by atoms with Crippen LogP contribution >= 0.6 is 24.0 Å². The van der Waals surface area contributed by atoms with Gasteiger partial charge in [-0.1, -0.05) is 13.0 Å². The van der Waals surface area contributed by atoms with Gasteiger partial charge in [0.2, 0.25) is 0 Å². The molecule has 2 atom stereocenters. The van der Waals surface area contributed by atoms with Gasteiger partial charge in [0.05, 0.1) is 18.9 Å². The minimum absolute atomic E-state index is 0. The van der Waals surface area contributed by atoms with Gasteiger partial charge < -0.3 is 19.9 Å². The quantitative estimate of drug-likeness (QED) is 0.394. The van der Waals surface area contributed by atoms with Gasteiger partial charge in [0, 0.05) is 32.0 Å². The Hall–Kier alpha value is -1.84. The number of aromatic nitrogens is 2. The first kappa shape index (κ1) is 21.5. The third-order valence-electron chi connectivity index (χ3n) is 4.88. The molecule has 1 aromatic carbocycles. The molecule has 148 valence electrons. The Kier molecular flexibility index (Phi) is 7.88. The zero-order valence-corrected chi connectivity index (χ0v) is 18.0. The van der Waals surface area contributed by atoms with E-state index in [4.69, 9.17) is 0 Å². The van der Waals surface area contributed by atoms with Gasteiger partial charge in [-0.25, -0.2) is 14.4 Å². The van der Waals surface area contributed by atoms with Crippen molar-refractivity contribution in [1.82, 2.24) is 19.8 Å². The lowest BCUT2D eigenvalue weighted by Crippen LogP contribution is -2.49. The molecule has 27 heavy (non-hydrogen) atoms. The molecule has 2 heterocycles. The van der Waals surface area contributed by atoms with E-state index in [0.29, 0.717) is 18.5 Å². The fraction of sp³-hybridized carbons (Fsp3) is 0.474. The summed E-state index contributed by atoms with van der Waals surface area (Å²) in [5.74, 6) is 0.444. The van der Waals surface area contributed by atoms with Crippen LogP contribution in [0.5, 0.6) is 5.75 Å². The maximum absolute atomic E-state index is 13.5. The lowest BCUT2D eigenvalue weighted by Gasteiger charge is -2.39. The predicted molar refractivity (Wildman–Crippen MR) is 115 cm³/mol. The second-order valence-electron chi connectivity index (χ2n) is 6.75. The highest BCUT2D eigenvalue weighted by Crippen LogP contribution is 2.27. The van der Waals surface area contributed by atoms with Crippen molar-refractivity contribution in [1.29, 1.82) is 0 Å². The van der Waals surface area contributed by atoms with Gasteiger partial charge in [-0.3, -0.25) is 0 Å². The van der Waals surface area contributed by atoms with E-state index < -0.39 is 5.82 Å². The molecule has 1 saturated heterocycles. The van der Waals surface area contributed by atoms with Gasteiger partial charge in [0.15, 0.2) is 17.5 Å². The minimum atomic E-state index is -0.616. The number of phenols is 1. The molecule has 1 aromatic heterocycles. The SMILES string of the molecule is CCNC(=NCc1ccc(O)c(F)c1)N1CCC(C)C(n2ccnc2)C1.I. The maximum atomic E-state index is 13.5. The van der Waals surface area contributed by atoms with Gasteiger partial charge >= 0.3 is 0 Å². The number of nitrogens with one attached hydrogen (secondary N) is 1.